The van der Waals surface area contributed by atoms with Crippen LogP contribution in [0.4, 0.5) is 5.69 Å². The number of phenols is 1. The molecule has 0 aliphatic carbocycles. The normalized spacial score (nSPS) is 9.39. The van der Waals surface area contributed by atoms with E-state index in [1.807, 2.05) is 0 Å². The van der Waals surface area contributed by atoms with Gasteiger partial charge in [0.2, 0.25) is 0 Å². The smallest absolute Gasteiger partial charge is 0.310 e. The molecule has 1 rings (SSSR count). The van der Waals surface area contributed by atoms with Crippen LogP contribution in [0.3, 0.4) is 0 Å². The van der Waals surface area contributed by atoms with Crippen LogP contribution in [0.5, 0.6) is 5.75 Å². The van der Waals surface area contributed by atoms with Crippen LogP contribution in [0, 0.1) is 10.1 Å². The van der Waals surface area contributed by atoms with Crippen LogP contribution in [-0.2, 0) is 0 Å². The number of benzene rings is 1. The highest BCUT2D eigenvalue weighted by Crippen LogP contribution is 2.25. The third-order valence-electron chi connectivity index (χ3n) is 2.09. The number of carbonyl (C=O) groups excluding carboxylic acids is 1. The minimum absolute atomic E-state index is 0. The molecular formula is C10H14ClN3O4. The number of carbonyl (C=O) groups is 1. The molecule has 0 radical (unpaired) electrons. The van der Waals surface area contributed by atoms with Gasteiger partial charge in [0.1, 0.15) is 0 Å². The van der Waals surface area contributed by atoms with Gasteiger partial charge in [-0.05, 0) is 19.2 Å². The fourth-order valence-corrected chi connectivity index (χ4v) is 1.22. The third kappa shape index (κ3) is 4.19. The standard InChI is InChI=1S/C10H13N3O4.ClH/c1-11-4-5-12-10(15)7-2-3-8(13(16)17)9(14)6-7;/h2-3,6,11,14H,4-5H2,1H3,(H,12,15);1H. The highest BCUT2D eigenvalue weighted by molar-refractivity contribution is 5.95. The Morgan fingerprint density at radius 1 is 1.44 bits per heavy atom. The van der Waals surface area contributed by atoms with E-state index >= 15 is 0 Å². The summed E-state index contributed by atoms with van der Waals surface area (Å²) in [7, 11) is 1.75. The van der Waals surface area contributed by atoms with Crippen molar-refractivity contribution in [1.82, 2.24) is 10.6 Å². The molecule has 7 nitrogen and oxygen atoms in total. The molecule has 0 atom stereocenters. The van der Waals surface area contributed by atoms with Crippen LogP contribution in [0.2, 0.25) is 0 Å². The zero-order chi connectivity index (χ0) is 12.8. The molecule has 0 saturated carbocycles. The Kier molecular flexibility index (Phi) is 6.69. The molecule has 1 aromatic rings. The molecule has 0 aliphatic rings. The summed E-state index contributed by atoms with van der Waals surface area (Å²) in [4.78, 5) is 21.3. The lowest BCUT2D eigenvalue weighted by Crippen LogP contribution is -2.30. The maximum absolute atomic E-state index is 11.5. The summed E-state index contributed by atoms with van der Waals surface area (Å²) in [5.41, 5.74) is -0.235. The lowest BCUT2D eigenvalue weighted by molar-refractivity contribution is -0.385. The molecule has 1 amide bonds. The van der Waals surface area contributed by atoms with Gasteiger partial charge in [0.15, 0.2) is 5.75 Å². The number of nitrogens with one attached hydrogen (secondary N) is 2. The Hall–Kier alpha value is -1.86. The van der Waals surface area contributed by atoms with Crippen LogP contribution in [0.15, 0.2) is 18.2 Å². The van der Waals surface area contributed by atoms with Crippen molar-refractivity contribution in [1.29, 1.82) is 0 Å². The minimum atomic E-state index is -0.710. The number of hydrogen-bond donors (Lipinski definition) is 3. The van der Waals surface area contributed by atoms with Crippen molar-refractivity contribution in [2.75, 3.05) is 20.1 Å². The molecule has 8 heteroatoms. The van der Waals surface area contributed by atoms with E-state index in [2.05, 4.69) is 10.6 Å². The van der Waals surface area contributed by atoms with Gasteiger partial charge >= 0.3 is 5.69 Å². The first-order valence-electron chi connectivity index (χ1n) is 4.96. The lowest BCUT2D eigenvalue weighted by Gasteiger charge is -2.05. The zero-order valence-corrected chi connectivity index (χ0v) is 10.5. The predicted octanol–water partition coefficient (Wildman–Crippen LogP) is 0.671. The number of rotatable bonds is 5. The van der Waals surface area contributed by atoms with Gasteiger partial charge in [-0.15, -0.1) is 12.4 Å². The summed E-state index contributed by atoms with van der Waals surface area (Å²) in [6.45, 7) is 1.05. The van der Waals surface area contributed by atoms with Gasteiger partial charge in [-0.1, -0.05) is 0 Å². The molecule has 0 spiro atoms. The van der Waals surface area contributed by atoms with E-state index in [1.165, 1.54) is 6.07 Å². The van der Waals surface area contributed by atoms with Crippen molar-refractivity contribution in [2.24, 2.45) is 0 Å². The second kappa shape index (κ2) is 7.46. The predicted molar refractivity (Wildman–Crippen MR) is 68.3 cm³/mol. The first-order chi connectivity index (χ1) is 8.06. The molecule has 0 unspecified atom stereocenters. The van der Waals surface area contributed by atoms with E-state index in [1.54, 1.807) is 7.05 Å². The Balaban J connectivity index is 0.00000289. The number of aromatic hydroxyl groups is 1. The molecule has 0 aliphatic heterocycles. The number of likely N-dealkylation sites (N-methyl/N-ethyl adjacent to an activating group) is 1. The summed E-state index contributed by atoms with van der Waals surface area (Å²) in [5.74, 6) is -0.901. The van der Waals surface area contributed by atoms with E-state index < -0.39 is 16.4 Å². The SMILES string of the molecule is CNCCNC(=O)c1ccc([N+](=O)[O-])c(O)c1.Cl. The van der Waals surface area contributed by atoms with E-state index in [0.29, 0.717) is 13.1 Å². The first-order valence-corrected chi connectivity index (χ1v) is 4.96. The molecule has 3 N–H and O–H groups in total. The van der Waals surface area contributed by atoms with Crippen molar-refractivity contribution in [3.05, 3.63) is 33.9 Å². The summed E-state index contributed by atoms with van der Waals surface area (Å²) in [5, 5.41) is 25.2. The van der Waals surface area contributed by atoms with E-state index in [0.717, 1.165) is 12.1 Å². The van der Waals surface area contributed by atoms with Gasteiger partial charge in [0, 0.05) is 24.7 Å². The lowest BCUT2D eigenvalue weighted by atomic mass is 10.2. The molecule has 0 bridgehead atoms. The van der Waals surface area contributed by atoms with Crippen molar-refractivity contribution in [3.8, 4) is 5.75 Å². The second-order valence-electron chi connectivity index (χ2n) is 3.32. The number of hydrogen-bond acceptors (Lipinski definition) is 5. The number of amides is 1. The monoisotopic (exact) mass is 275 g/mol. The first kappa shape index (κ1) is 16.1. The van der Waals surface area contributed by atoms with Crippen molar-refractivity contribution in [3.63, 3.8) is 0 Å². The van der Waals surface area contributed by atoms with Gasteiger partial charge in [-0.25, -0.2) is 0 Å². The van der Waals surface area contributed by atoms with Gasteiger partial charge in [0.05, 0.1) is 4.92 Å². The Labute approximate surface area is 110 Å². The van der Waals surface area contributed by atoms with Crippen LogP contribution >= 0.6 is 12.4 Å². The van der Waals surface area contributed by atoms with Gasteiger partial charge in [0.25, 0.3) is 5.91 Å². The molecule has 18 heavy (non-hydrogen) atoms. The average Bonchev–Trinajstić information content (AvgIpc) is 2.28. The van der Waals surface area contributed by atoms with Crippen molar-refractivity contribution in [2.45, 2.75) is 0 Å². The number of nitrogens with zero attached hydrogens (tertiary/aromatic N) is 1. The fraction of sp³-hybridized carbons (Fsp3) is 0.300. The highest BCUT2D eigenvalue weighted by atomic mass is 35.5. The average molecular weight is 276 g/mol. The molecule has 100 valence electrons. The molecule has 0 saturated heterocycles. The third-order valence-corrected chi connectivity index (χ3v) is 2.09. The van der Waals surface area contributed by atoms with E-state index in [-0.39, 0.29) is 23.9 Å². The molecule has 0 aromatic heterocycles. The van der Waals surface area contributed by atoms with Gasteiger partial charge in [-0.3, -0.25) is 14.9 Å². The Morgan fingerprint density at radius 3 is 2.61 bits per heavy atom. The van der Waals surface area contributed by atoms with Crippen molar-refractivity contribution >= 4 is 24.0 Å². The number of nitro benzene ring substituents is 1. The van der Waals surface area contributed by atoms with Crippen LogP contribution in [0.1, 0.15) is 10.4 Å². The number of halogens is 1. The Bertz CT molecular complexity index is 439. The summed E-state index contributed by atoms with van der Waals surface area (Å²) in [6, 6.07) is 3.47. The molecule has 1 aromatic carbocycles. The van der Waals surface area contributed by atoms with E-state index in [4.69, 9.17) is 0 Å². The van der Waals surface area contributed by atoms with Crippen molar-refractivity contribution < 1.29 is 14.8 Å². The maximum Gasteiger partial charge on any atom is 0.310 e. The van der Waals surface area contributed by atoms with Gasteiger partial charge in [-0.2, -0.15) is 0 Å². The van der Waals surface area contributed by atoms with Crippen LogP contribution in [0.25, 0.3) is 0 Å². The largest absolute Gasteiger partial charge is 0.502 e. The van der Waals surface area contributed by atoms with Crippen LogP contribution < -0.4 is 10.6 Å². The summed E-state index contributed by atoms with van der Waals surface area (Å²) < 4.78 is 0. The highest BCUT2D eigenvalue weighted by Gasteiger charge is 2.15. The van der Waals surface area contributed by atoms with Crippen LogP contribution in [-0.4, -0.2) is 36.1 Å². The fourth-order valence-electron chi connectivity index (χ4n) is 1.22. The Morgan fingerprint density at radius 2 is 2.11 bits per heavy atom. The summed E-state index contributed by atoms with van der Waals surface area (Å²) >= 11 is 0. The molecule has 0 fully saturated rings. The topological polar surface area (TPSA) is 104 Å². The quantitative estimate of drug-likeness (QED) is 0.416. The summed E-state index contributed by atoms with van der Waals surface area (Å²) in [6.07, 6.45) is 0. The van der Waals surface area contributed by atoms with Gasteiger partial charge < -0.3 is 15.7 Å². The second-order valence-corrected chi connectivity index (χ2v) is 3.32. The maximum atomic E-state index is 11.5. The number of phenolic OH excluding ortho intramolecular Hbond substituents is 1. The van der Waals surface area contributed by atoms with E-state index in [9.17, 15) is 20.0 Å². The molecular weight excluding hydrogens is 262 g/mol. The number of nitro groups is 1. The molecule has 0 heterocycles. The minimum Gasteiger partial charge on any atom is -0.502 e. The zero-order valence-electron chi connectivity index (χ0n) is 9.67.